The highest BCUT2D eigenvalue weighted by Gasteiger charge is 2.28. The maximum atomic E-state index is 10.4. The predicted molar refractivity (Wildman–Crippen MR) is 138 cm³/mol. The zero-order valence-corrected chi connectivity index (χ0v) is 21.2. The summed E-state index contributed by atoms with van der Waals surface area (Å²) in [5.74, 6) is 1.30. The summed E-state index contributed by atoms with van der Waals surface area (Å²) in [5.41, 5.74) is 6.61. The molecule has 1 aliphatic heterocycles. The van der Waals surface area contributed by atoms with Gasteiger partial charge in [-0.1, -0.05) is 37.6 Å². The molecule has 0 atom stereocenters. The molecule has 0 saturated heterocycles. The molecule has 33 heavy (non-hydrogen) atoms. The van der Waals surface area contributed by atoms with Gasteiger partial charge in [-0.2, -0.15) is 0 Å². The Morgan fingerprint density at radius 2 is 1.79 bits per heavy atom. The van der Waals surface area contributed by atoms with Crippen molar-refractivity contribution in [3.05, 3.63) is 76.4 Å². The van der Waals surface area contributed by atoms with Crippen LogP contribution < -0.4 is 4.74 Å². The molecule has 0 spiro atoms. The van der Waals surface area contributed by atoms with Crippen LogP contribution in [-0.4, -0.2) is 15.8 Å². The molecule has 0 radical (unpaired) electrons. The summed E-state index contributed by atoms with van der Waals surface area (Å²) in [4.78, 5) is 0. The summed E-state index contributed by atoms with van der Waals surface area (Å²) in [6, 6.07) is 7.75. The van der Waals surface area contributed by atoms with E-state index in [2.05, 4.69) is 52.5 Å². The molecule has 1 heterocycles. The fourth-order valence-corrected chi connectivity index (χ4v) is 4.58. The van der Waals surface area contributed by atoms with E-state index in [-0.39, 0.29) is 22.5 Å². The third kappa shape index (κ3) is 5.82. The van der Waals surface area contributed by atoms with E-state index in [9.17, 15) is 10.2 Å². The van der Waals surface area contributed by atoms with Crippen molar-refractivity contribution < 1.29 is 14.9 Å². The van der Waals surface area contributed by atoms with Crippen molar-refractivity contribution in [1.82, 2.24) is 0 Å². The maximum absolute atomic E-state index is 10.4. The minimum atomic E-state index is -0.365. The molecule has 178 valence electrons. The summed E-state index contributed by atoms with van der Waals surface area (Å²) in [6.45, 7) is 16.5. The van der Waals surface area contributed by atoms with Gasteiger partial charge in [0.25, 0.3) is 0 Å². The molecule has 0 saturated carbocycles. The van der Waals surface area contributed by atoms with Crippen LogP contribution in [0.3, 0.4) is 0 Å². The molecule has 0 unspecified atom stereocenters. The summed E-state index contributed by atoms with van der Waals surface area (Å²) >= 11 is 0. The van der Waals surface area contributed by atoms with Gasteiger partial charge >= 0.3 is 0 Å². The Bertz CT molecular complexity index is 1050. The van der Waals surface area contributed by atoms with Crippen molar-refractivity contribution in [2.45, 2.75) is 91.1 Å². The van der Waals surface area contributed by atoms with Gasteiger partial charge in [-0.3, -0.25) is 0 Å². The second kappa shape index (κ2) is 9.67. The van der Waals surface area contributed by atoms with E-state index in [1.165, 1.54) is 28.3 Å². The molecule has 2 aromatic rings. The summed E-state index contributed by atoms with van der Waals surface area (Å²) in [7, 11) is 0. The van der Waals surface area contributed by atoms with Crippen LogP contribution in [0.5, 0.6) is 17.2 Å². The minimum Gasteiger partial charge on any atom is -0.508 e. The van der Waals surface area contributed by atoms with Gasteiger partial charge in [0.15, 0.2) is 0 Å². The SMILES string of the molecule is C=CC(C)(C)c1cc(CCCc2ccc3c(c2CC=C(C)C)CCC(C)(C)O3)c(O)cc1O. The fourth-order valence-electron chi connectivity index (χ4n) is 4.58. The Morgan fingerprint density at radius 3 is 2.45 bits per heavy atom. The van der Waals surface area contributed by atoms with Crippen LogP contribution in [-0.2, 0) is 31.1 Å². The van der Waals surface area contributed by atoms with Gasteiger partial charge in [-0.15, -0.1) is 6.58 Å². The zero-order chi connectivity index (χ0) is 24.4. The highest BCUT2D eigenvalue weighted by atomic mass is 16.5. The average Bonchev–Trinajstić information content (AvgIpc) is 2.73. The van der Waals surface area contributed by atoms with Gasteiger partial charge in [0.1, 0.15) is 22.8 Å². The lowest BCUT2D eigenvalue weighted by atomic mass is 9.82. The Labute approximate surface area is 199 Å². The molecular formula is C30H40O3. The van der Waals surface area contributed by atoms with Gasteiger partial charge in [0.2, 0.25) is 0 Å². The molecule has 0 aliphatic carbocycles. The van der Waals surface area contributed by atoms with E-state index in [4.69, 9.17) is 4.74 Å². The van der Waals surface area contributed by atoms with Crippen LogP contribution >= 0.6 is 0 Å². The van der Waals surface area contributed by atoms with Crippen LogP contribution in [0.25, 0.3) is 0 Å². The molecule has 3 heteroatoms. The highest BCUT2D eigenvalue weighted by molar-refractivity contribution is 5.50. The normalized spacial score (nSPS) is 14.8. The van der Waals surface area contributed by atoms with Crippen molar-refractivity contribution in [3.63, 3.8) is 0 Å². The van der Waals surface area contributed by atoms with Crippen LogP contribution in [0.4, 0.5) is 0 Å². The van der Waals surface area contributed by atoms with E-state index in [1.807, 2.05) is 26.0 Å². The molecule has 0 bridgehead atoms. The second-order valence-electron chi connectivity index (χ2n) is 10.8. The first-order valence-electron chi connectivity index (χ1n) is 12.1. The van der Waals surface area contributed by atoms with Crippen molar-refractivity contribution in [1.29, 1.82) is 0 Å². The van der Waals surface area contributed by atoms with Gasteiger partial charge in [0.05, 0.1) is 0 Å². The summed E-state index contributed by atoms with van der Waals surface area (Å²) < 4.78 is 6.29. The first-order chi connectivity index (χ1) is 15.4. The fraction of sp³-hybridized carbons (Fsp3) is 0.467. The van der Waals surface area contributed by atoms with Crippen molar-refractivity contribution >= 4 is 0 Å². The van der Waals surface area contributed by atoms with Gasteiger partial charge in [-0.05, 0) is 101 Å². The molecule has 2 N–H and O–H groups in total. The number of aromatic hydroxyl groups is 2. The van der Waals surface area contributed by atoms with E-state index >= 15 is 0 Å². The first-order valence-corrected chi connectivity index (χ1v) is 12.1. The maximum Gasteiger partial charge on any atom is 0.123 e. The number of rotatable bonds is 8. The Morgan fingerprint density at radius 1 is 1.09 bits per heavy atom. The number of ether oxygens (including phenoxy) is 1. The number of allylic oxidation sites excluding steroid dienone is 3. The lowest BCUT2D eigenvalue weighted by Crippen LogP contribution is -2.33. The quantitative estimate of drug-likeness (QED) is 0.415. The lowest BCUT2D eigenvalue weighted by molar-refractivity contribution is 0.0843. The minimum absolute atomic E-state index is 0.114. The largest absolute Gasteiger partial charge is 0.508 e. The Hall–Kier alpha value is -2.68. The number of phenolic OH excluding ortho intramolecular Hbond substituents is 2. The van der Waals surface area contributed by atoms with Crippen LogP contribution in [0, 0.1) is 0 Å². The lowest BCUT2D eigenvalue weighted by Gasteiger charge is -2.34. The first kappa shape index (κ1) is 25.0. The average molecular weight is 449 g/mol. The molecule has 1 aliphatic rings. The molecule has 2 aromatic carbocycles. The van der Waals surface area contributed by atoms with E-state index in [1.54, 1.807) is 0 Å². The van der Waals surface area contributed by atoms with Crippen LogP contribution in [0.1, 0.15) is 82.2 Å². The molecular weight excluding hydrogens is 408 g/mol. The van der Waals surface area contributed by atoms with E-state index in [0.717, 1.165) is 55.4 Å². The van der Waals surface area contributed by atoms with Crippen LogP contribution in [0.2, 0.25) is 0 Å². The number of fused-ring (bicyclic) bond motifs is 1. The van der Waals surface area contributed by atoms with Crippen LogP contribution in [0.15, 0.2) is 48.6 Å². The molecule has 0 aromatic heterocycles. The summed E-state index contributed by atoms with van der Waals surface area (Å²) in [5, 5.41) is 20.8. The Kier molecular flexibility index (Phi) is 7.31. The number of hydrogen-bond donors (Lipinski definition) is 2. The number of benzene rings is 2. The van der Waals surface area contributed by atoms with Crippen molar-refractivity contribution in [2.24, 2.45) is 0 Å². The third-order valence-electron chi connectivity index (χ3n) is 6.86. The Balaban J connectivity index is 1.84. The van der Waals surface area contributed by atoms with Crippen molar-refractivity contribution in [3.8, 4) is 17.2 Å². The van der Waals surface area contributed by atoms with Gasteiger partial charge in [0, 0.05) is 17.0 Å². The number of phenols is 2. The zero-order valence-electron chi connectivity index (χ0n) is 21.2. The smallest absolute Gasteiger partial charge is 0.123 e. The standard InChI is InChI=1S/C30H40O3/c1-8-29(4,5)25-18-22(26(31)19-27(25)32)11-9-10-21-13-15-28-24(16-17-30(6,7)33-28)23(21)14-12-20(2)3/h8,12-13,15,18-19,31-32H,1,9-11,14,16-17H2,2-7H3. The predicted octanol–water partition coefficient (Wildman–Crippen LogP) is 7.35. The second-order valence-corrected chi connectivity index (χ2v) is 10.8. The van der Waals surface area contributed by atoms with Gasteiger partial charge in [-0.25, -0.2) is 0 Å². The summed E-state index contributed by atoms with van der Waals surface area (Å²) in [6.07, 6.45) is 9.71. The van der Waals surface area contributed by atoms with Crippen molar-refractivity contribution in [2.75, 3.05) is 0 Å². The van der Waals surface area contributed by atoms with E-state index < -0.39 is 0 Å². The molecule has 3 nitrogen and oxygen atoms in total. The monoisotopic (exact) mass is 448 g/mol. The van der Waals surface area contributed by atoms with E-state index in [0.29, 0.717) is 0 Å². The van der Waals surface area contributed by atoms with Gasteiger partial charge < -0.3 is 14.9 Å². The molecule has 0 amide bonds. The number of hydrogen-bond acceptors (Lipinski definition) is 3. The number of aryl methyl sites for hydroxylation is 2. The molecule has 0 fully saturated rings. The topological polar surface area (TPSA) is 49.7 Å². The third-order valence-corrected chi connectivity index (χ3v) is 6.86. The molecule has 3 rings (SSSR count). The highest BCUT2D eigenvalue weighted by Crippen LogP contribution is 2.39.